The number of aliphatic imine (C=N–C) groups is 1. The van der Waals surface area contributed by atoms with Crippen LogP contribution in [0, 0.1) is 6.92 Å². The molecule has 0 bridgehead atoms. The molecular weight excluding hydrogens is 505 g/mol. The van der Waals surface area contributed by atoms with E-state index in [0.717, 1.165) is 22.6 Å². The molecule has 8 nitrogen and oxygen atoms in total. The Bertz CT molecular complexity index is 1120. The molecule has 0 aliphatic rings. The molecular formula is C22H24IN7O. The van der Waals surface area contributed by atoms with Gasteiger partial charge < -0.3 is 15.1 Å². The zero-order chi connectivity index (χ0) is 20.8. The number of pyridine rings is 1. The summed E-state index contributed by atoms with van der Waals surface area (Å²) in [6.07, 6.45) is 7.02. The van der Waals surface area contributed by atoms with Crippen LogP contribution in [-0.2, 0) is 13.1 Å². The first kappa shape index (κ1) is 22.5. The number of rotatable bonds is 6. The molecule has 160 valence electrons. The summed E-state index contributed by atoms with van der Waals surface area (Å²) in [7, 11) is 1.73. The third kappa shape index (κ3) is 5.91. The highest BCUT2D eigenvalue weighted by Gasteiger charge is 2.08. The summed E-state index contributed by atoms with van der Waals surface area (Å²) >= 11 is 0. The molecule has 0 saturated heterocycles. The largest absolute Gasteiger partial charge is 0.444 e. The lowest BCUT2D eigenvalue weighted by atomic mass is 10.1. The molecule has 2 N–H and O–H groups in total. The molecule has 3 aromatic heterocycles. The number of benzene rings is 1. The van der Waals surface area contributed by atoms with Gasteiger partial charge in [-0.25, -0.2) is 14.6 Å². The number of hydrogen-bond acceptors (Lipinski definition) is 5. The average Bonchev–Trinajstić information content (AvgIpc) is 3.47. The predicted molar refractivity (Wildman–Crippen MR) is 130 cm³/mol. The Labute approximate surface area is 197 Å². The number of hydrogen-bond donors (Lipinski definition) is 2. The van der Waals surface area contributed by atoms with E-state index in [1.165, 1.54) is 5.56 Å². The second-order valence-corrected chi connectivity index (χ2v) is 6.76. The minimum absolute atomic E-state index is 0. The SMILES string of the molecule is CN=C(NCc1ccnc(-n2cccn2)c1)NCc1coc(-c2ccc(C)cc2)n1.I. The number of guanidine groups is 1. The molecule has 9 heteroatoms. The standard InChI is InChI=1S/C22H23N7O.HI/c1-16-4-6-18(7-5-16)21-28-19(15-30-21)14-26-22(23-2)25-13-17-8-10-24-20(12-17)29-11-3-9-27-29;/h3-12,15H,13-14H2,1-2H3,(H2,23,25,26);1H. The van der Waals surface area contributed by atoms with Crippen LogP contribution in [0.5, 0.6) is 0 Å². The lowest BCUT2D eigenvalue weighted by Crippen LogP contribution is -2.36. The topological polar surface area (TPSA) is 93.2 Å². The quantitative estimate of drug-likeness (QED) is 0.225. The van der Waals surface area contributed by atoms with Crippen molar-refractivity contribution < 1.29 is 4.42 Å². The van der Waals surface area contributed by atoms with Gasteiger partial charge in [0.05, 0.1) is 12.2 Å². The minimum Gasteiger partial charge on any atom is -0.444 e. The molecule has 0 aliphatic carbocycles. The molecule has 0 radical (unpaired) electrons. The number of aromatic nitrogens is 4. The molecule has 0 aliphatic heterocycles. The Morgan fingerprint density at radius 1 is 1.10 bits per heavy atom. The van der Waals surface area contributed by atoms with Crippen LogP contribution in [-0.4, -0.2) is 32.8 Å². The van der Waals surface area contributed by atoms with E-state index >= 15 is 0 Å². The van der Waals surface area contributed by atoms with Gasteiger partial charge in [0.25, 0.3) is 0 Å². The van der Waals surface area contributed by atoms with Crippen molar-refractivity contribution in [3.8, 4) is 17.3 Å². The number of nitrogens with one attached hydrogen (secondary N) is 2. The van der Waals surface area contributed by atoms with Crippen molar-refractivity contribution in [3.05, 3.63) is 84.1 Å². The van der Waals surface area contributed by atoms with Crippen molar-refractivity contribution >= 4 is 29.9 Å². The van der Waals surface area contributed by atoms with Crippen LogP contribution in [0.3, 0.4) is 0 Å². The van der Waals surface area contributed by atoms with E-state index in [4.69, 9.17) is 4.42 Å². The average molecular weight is 529 g/mol. The Balaban J connectivity index is 0.00000272. The Morgan fingerprint density at radius 3 is 2.65 bits per heavy atom. The summed E-state index contributed by atoms with van der Waals surface area (Å²) in [5.41, 5.74) is 4.04. The van der Waals surface area contributed by atoms with Crippen LogP contribution >= 0.6 is 24.0 Å². The molecule has 0 spiro atoms. The smallest absolute Gasteiger partial charge is 0.226 e. The van der Waals surface area contributed by atoms with Gasteiger partial charge in [0, 0.05) is 37.7 Å². The molecule has 1 aromatic carbocycles. The number of oxazole rings is 1. The third-order valence-corrected chi connectivity index (χ3v) is 4.52. The number of nitrogens with zero attached hydrogens (tertiary/aromatic N) is 5. The number of halogens is 1. The first-order valence-corrected chi connectivity index (χ1v) is 9.62. The predicted octanol–water partition coefficient (Wildman–Crippen LogP) is 3.71. The molecule has 0 fully saturated rings. The van der Waals surface area contributed by atoms with Crippen molar-refractivity contribution in [2.45, 2.75) is 20.0 Å². The first-order chi connectivity index (χ1) is 14.7. The van der Waals surface area contributed by atoms with E-state index in [1.807, 2.05) is 48.7 Å². The second-order valence-electron chi connectivity index (χ2n) is 6.76. The Morgan fingerprint density at radius 2 is 1.90 bits per heavy atom. The van der Waals surface area contributed by atoms with Gasteiger partial charge in [-0.15, -0.1) is 24.0 Å². The zero-order valence-corrected chi connectivity index (χ0v) is 19.6. The van der Waals surface area contributed by atoms with Crippen molar-refractivity contribution in [2.75, 3.05) is 7.05 Å². The summed E-state index contributed by atoms with van der Waals surface area (Å²) in [5.74, 6) is 2.05. The van der Waals surface area contributed by atoms with Gasteiger partial charge in [-0.3, -0.25) is 4.99 Å². The third-order valence-electron chi connectivity index (χ3n) is 4.52. The van der Waals surface area contributed by atoms with Crippen LogP contribution in [0.1, 0.15) is 16.8 Å². The lowest BCUT2D eigenvalue weighted by molar-refractivity contribution is 0.572. The lowest BCUT2D eigenvalue weighted by Gasteiger charge is -2.11. The molecule has 4 rings (SSSR count). The van der Waals surface area contributed by atoms with Crippen LogP contribution in [0.4, 0.5) is 0 Å². The minimum atomic E-state index is 0. The van der Waals surface area contributed by atoms with Crippen LogP contribution < -0.4 is 10.6 Å². The van der Waals surface area contributed by atoms with Gasteiger partial charge in [0.15, 0.2) is 11.8 Å². The molecule has 0 saturated carbocycles. The van der Waals surface area contributed by atoms with Gasteiger partial charge in [0.2, 0.25) is 5.89 Å². The Hall–Kier alpha value is -3.21. The van der Waals surface area contributed by atoms with Crippen LogP contribution in [0.2, 0.25) is 0 Å². The highest BCUT2D eigenvalue weighted by atomic mass is 127. The second kappa shape index (κ2) is 10.7. The van der Waals surface area contributed by atoms with Crippen LogP contribution in [0.25, 0.3) is 17.3 Å². The summed E-state index contributed by atoms with van der Waals surface area (Å²) < 4.78 is 7.34. The normalized spacial score (nSPS) is 11.1. The Kier molecular flexibility index (Phi) is 7.76. The van der Waals surface area contributed by atoms with Gasteiger partial charge in [-0.05, 0) is 42.8 Å². The molecule has 3 heterocycles. The maximum Gasteiger partial charge on any atom is 0.226 e. The van der Waals surface area contributed by atoms with Crippen LogP contribution in [0.15, 0.2) is 76.7 Å². The first-order valence-electron chi connectivity index (χ1n) is 9.62. The fourth-order valence-electron chi connectivity index (χ4n) is 2.90. The summed E-state index contributed by atoms with van der Waals surface area (Å²) in [6.45, 7) is 3.16. The maximum absolute atomic E-state index is 5.61. The zero-order valence-electron chi connectivity index (χ0n) is 17.3. The van der Waals surface area contributed by atoms with Gasteiger partial charge >= 0.3 is 0 Å². The molecule has 0 amide bonds. The van der Waals surface area contributed by atoms with E-state index in [-0.39, 0.29) is 24.0 Å². The fourth-order valence-corrected chi connectivity index (χ4v) is 2.90. The monoisotopic (exact) mass is 529 g/mol. The van der Waals surface area contributed by atoms with E-state index in [9.17, 15) is 0 Å². The van der Waals surface area contributed by atoms with E-state index in [0.29, 0.717) is 24.9 Å². The molecule has 0 atom stereocenters. The molecule has 31 heavy (non-hydrogen) atoms. The summed E-state index contributed by atoms with van der Waals surface area (Å²) in [5, 5.41) is 10.8. The van der Waals surface area contributed by atoms with E-state index < -0.39 is 0 Å². The van der Waals surface area contributed by atoms with Crippen molar-refractivity contribution in [1.29, 1.82) is 0 Å². The summed E-state index contributed by atoms with van der Waals surface area (Å²) in [6, 6.07) is 13.9. The number of aryl methyl sites for hydroxylation is 1. The molecule has 4 aromatic rings. The van der Waals surface area contributed by atoms with Crippen molar-refractivity contribution in [3.63, 3.8) is 0 Å². The van der Waals surface area contributed by atoms with Crippen molar-refractivity contribution in [1.82, 2.24) is 30.4 Å². The van der Waals surface area contributed by atoms with E-state index in [2.05, 4.69) is 37.6 Å². The maximum atomic E-state index is 5.61. The molecule has 0 unspecified atom stereocenters. The fraction of sp³-hybridized carbons (Fsp3) is 0.182. The van der Waals surface area contributed by atoms with Gasteiger partial charge in [0.1, 0.15) is 6.26 Å². The summed E-state index contributed by atoms with van der Waals surface area (Å²) in [4.78, 5) is 13.2. The van der Waals surface area contributed by atoms with E-state index in [1.54, 1.807) is 30.4 Å². The highest BCUT2D eigenvalue weighted by molar-refractivity contribution is 14.0. The van der Waals surface area contributed by atoms with Crippen molar-refractivity contribution in [2.24, 2.45) is 4.99 Å². The van der Waals surface area contributed by atoms with Gasteiger partial charge in [-0.2, -0.15) is 5.10 Å². The highest BCUT2D eigenvalue weighted by Crippen LogP contribution is 2.19. The van der Waals surface area contributed by atoms with Gasteiger partial charge in [-0.1, -0.05) is 17.7 Å².